The highest BCUT2D eigenvalue weighted by molar-refractivity contribution is 5.78. The lowest BCUT2D eigenvalue weighted by Gasteiger charge is -2.23. The second-order valence-electron chi connectivity index (χ2n) is 6.37. The van der Waals surface area contributed by atoms with Crippen molar-refractivity contribution in [1.29, 1.82) is 0 Å². The van der Waals surface area contributed by atoms with Crippen molar-refractivity contribution in [3.8, 4) is 0 Å². The molecule has 0 fully saturated rings. The number of amides is 1. The Kier molecular flexibility index (Phi) is 4.56. The summed E-state index contributed by atoms with van der Waals surface area (Å²) in [6.07, 6.45) is 0. The van der Waals surface area contributed by atoms with Crippen molar-refractivity contribution in [3.05, 3.63) is 34.6 Å². The average molecular weight is 303 g/mol. The van der Waals surface area contributed by atoms with E-state index < -0.39 is 0 Å². The fourth-order valence-electron chi connectivity index (χ4n) is 2.10. The van der Waals surface area contributed by atoms with Crippen LogP contribution in [0, 0.1) is 0 Å². The number of nitrogens with zero attached hydrogens (tertiary/aromatic N) is 4. The summed E-state index contributed by atoms with van der Waals surface area (Å²) < 4.78 is 1.26. The molecule has 1 aromatic heterocycles. The predicted molar refractivity (Wildman–Crippen MR) is 84.3 cm³/mol. The Balaban J connectivity index is 2.09. The second kappa shape index (κ2) is 6.23. The van der Waals surface area contributed by atoms with Gasteiger partial charge in [-0.2, -0.15) is 4.68 Å². The van der Waals surface area contributed by atoms with Crippen molar-refractivity contribution in [1.82, 2.24) is 25.2 Å². The average Bonchev–Trinajstić information content (AvgIpc) is 2.40. The highest BCUT2D eigenvalue weighted by Gasteiger charge is 2.16. The van der Waals surface area contributed by atoms with Gasteiger partial charge in [0.25, 0.3) is 5.56 Å². The molecule has 0 atom stereocenters. The molecule has 0 bridgehead atoms. The number of hydrogen-bond acceptors (Lipinski definition) is 5. The van der Waals surface area contributed by atoms with E-state index in [-0.39, 0.29) is 30.2 Å². The molecule has 2 aromatic rings. The van der Waals surface area contributed by atoms with Crippen LogP contribution in [-0.4, -0.2) is 44.9 Å². The van der Waals surface area contributed by atoms with Crippen molar-refractivity contribution in [2.45, 2.75) is 33.0 Å². The lowest BCUT2D eigenvalue weighted by atomic mass is 10.1. The van der Waals surface area contributed by atoms with Crippen LogP contribution in [0.25, 0.3) is 10.9 Å². The van der Waals surface area contributed by atoms with Gasteiger partial charge in [-0.15, -0.1) is 5.10 Å². The van der Waals surface area contributed by atoms with Crippen LogP contribution in [-0.2, 0) is 11.5 Å². The summed E-state index contributed by atoms with van der Waals surface area (Å²) in [7, 11) is 1.76. The van der Waals surface area contributed by atoms with E-state index in [9.17, 15) is 9.59 Å². The largest absolute Gasteiger partial charge is 0.350 e. The Labute approximate surface area is 128 Å². The van der Waals surface area contributed by atoms with Gasteiger partial charge in [-0.05, 0) is 40.0 Å². The predicted octanol–water partition coefficient (Wildman–Crippen LogP) is 0.595. The highest BCUT2D eigenvalue weighted by atomic mass is 16.2. The van der Waals surface area contributed by atoms with Crippen molar-refractivity contribution in [2.24, 2.45) is 0 Å². The van der Waals surface area contributed by atoms with Gasteiger partial charge in [0.2, 0.25) is 5.91 Å². The Hall–Kier alpha value is -2.28. The van der Waals surface area contributed by atoms with E-state index in [1.165, 1.54) is 4.68 Å². The molecule has 0 aliphatic heterocycles. The van der Waals surface area contributed by atoms with Crippen LogP contribution in [0.5, 0.6) is 0 Å². The fraction of sp³-hybridized carbons (Fsp3) is 0.467. The summed E-state index contributed by atoms with van der Waals surface area (Å²) in [5, 5.41) is 11.3. The quantitative estimate of drug-likeness (QED) is 0.894. The van der Waals surface area contributed by atoms with Crippen LogP contribution in [0.3, 0.4) is 0 Å². The first-order valence-electron chi connectivity index (χ1n) is 7.08. The van der Waals surface area contributed by atoms with Crippen LogP contribution < -0.4 is 10.9 Å². The minimum atomic E-state index is -0.280. The summed E-state index contributed by atoms with van der Waals surface area (Å²) in [5.41, 5.74) is 0.0721. The zero-order valence-electron chi connectivity index (χ0n) is 13.3. The van der Waals surface area contributed by atoms with Gasteiger partial charge < -0.3 is 5.32 Å². The molecule has 0 unspecified atom stereocenters. The van der Waals surface area contributed by atoms with Gasteiger partial charge in [0.15, 0.2) is 0 Å². The van der Waals surface area contributed by atoms with Crippen molar-refractivity contribution >= 4 is 16.8 Å². The molecule has 7 heteroatoms. The molecule has 0 aliphatic carbocycles. The maximum Gasteiger partial charge on any atom is 0.278 e. The van der Waals surface area contributed by atoms with E-state index >= 15 is 0 Å². The molecule has 0 saturated carbocycles. The van der Waals surface area contributed by atoms with Gasteiger partial charge in [0.05, 0.1) is 18.6 Å². The SMILES string of the molecule is CN(CC(=O)NC(C)(C)C)Cn1nnc2ccccc2c1=O. The van der Waals surface area contributed by atoms with Crippen molar-refractivity contribution < 1.29 is 4.79 Å². The third-order valence-electron chi connectivity index (χ3n) is 2.93. The summed E-state index contributed by atoms with van der Waals surface area (Å²) >= 11 is 0. The van der Waals surface area contributed by atoms with Crippen molar-refractivity contribution in [2.75, 3.05) is 13.6 Å². The Morgan fingerprint density at radius 1 is 1.32 bits per heavy atom. The molecule has 22 heavy (non-hydrogen) atoms. The smallest absolute Gasteiger partial charge is 0.278 e. The van der Waals surface area contributed by atoms with Crippen LogP contribution in [0.4, 0.5) is 0 Å². The summed E-state index contributed by atoms with van der Waals surface area (Å²) in [4.78, 5) is 25.9. The molecule has 2 rings (SSSR count). The molecule has 1 aromatic carbocycles. The molecule has 1 N–H and O–H groups in total. The minimum absolute atomic E-state index is 0.100. The topological polar surface area (TPSA) is 80.1 Å². The number of benzene rings is 1. The number of carbonyl (C=O) groups is 1. The standard InChI is InChI=1S/C15H21N5O2/c1-15(2,3)16-13(21)9-19(4)10-20-14(22)11-7-5-6-8-12(11)17-18-20/h5-8H,9-10H2,1-4H3,(H,16,21). The number of likely N-dealkylation sites (N-methyl/N-ethyl adjacent to an activating group) is 1. The molecule has 1 heterocycles. The molecule has 0 spiro atoms. The first-order chi connectivity index (χ1) is 10.3. The van der Waals surface area contributed by atoms with Crippen molar-refractivity contribution in [3.63, 3.8) is 0 Å². The highest BCUT2D eigenvalue weighted by Crippen LogP contribution is 2.03. The molecular weight excluding hydrogens is 282 g/mol. The number of carbonyl (C=O) groups excluding carboxylic acids is 1. The normalized spacial score (nSPS) is 11.9. The Morgan fingerprint density at radius 3 is 2.68 bits per heavy atom. The van der Waals surface area contributed by atoms with Crippen LogP contribution >= 0.6 is 0 Å². The van der Waals surface area contributed by atoms with Gasteiger partial charge in [0.1, 0.15) is 5.52 Å². The van der Waals surface area contributed by atoms with Crippen LogP contribution in [0.15, 0.2) is 29.1 Å². The van der Waals surface area contributed by atoms with Crippen LogP contribution in [0.1, 0.15) is 20.8 Å². The Bertz CT molecular complexity index is 733. The van der Waals surface area contributed by atoms with E-state index in [1.807, 2.05) is 26.8 Å². The van der Waals surface area contributed by atoms with E-state index in [2.05, 4.69) is 15.6 Å². The maximum absolute atomic E-state index is 12.3. The van der Waals surface area contributed by atoms with Crippen LogP contribution in [0.2, 0.25) is 0 Å². The van der Waals surface area contributed by atoms with Gasteiger partial charge in [-0.3, -0.25) is 14.5 Å². The molecule has 1 amide bonds. The monoisotopic (exact) mass is 303 g/mol. The second-order valence-corrected chi connectivity index (χ2v) is 6.37. The van der Waals surface area contributed by atoms with E-state index in [0.717, 1.165) is 0 Å². The molecule has 0 radical (unpaired) electrons. The zero-order valence-corrected chi connectivity index (χ0v) is 13.3. The molecule has 118 valence electrons. The van der Waals surface area contributed by atoms with E-state index in [1.54, 1.807) is 30.1 Å². The maximum atomic E-state index is 12.3. The molecule has 0 aliphatic rings. The van der Waals surface area contributed by atoms with Gasteiger partial charge in [0, 0.05) is 5.54 Å². The minimum Gasteiger partial charge on any atom is -0.350 e. The molecule has 7 nitrogen and oxygen atoms in total. The van der Waals surface area contributed by atoms with Gasteiger partial charge in [-0.1, -0.05) is 17.3 Å². The summed E-state index contributed by atoms with van der Waals surface area (Å²) in [6.45, 7) is 6.14. The number of aromatic nitrogens is 3. The fourth-order valence-corrected chi connectivity index (χ4v) is 2.10. The number of rotatable bonds is 4. The lowest BCUT2D eigenvalue weighted by Crippen LogP contribution is -2.46. The summed E-state index contributed by atoms with van der Waals surface area (Å²) in [6, 6.07) is 7.06. The third-order valence-corrected chi connectivity index (χ3v) is 2.93. The number of fused-ring (bicyclic) bond motifs is 1. The third kappa shape index (κ3) is 4.11. The Morgan fingerprint density at radius 2 is 2.00 bits per heavy atom. The summed E-state index contributed by atoms with van der Waals surface area (Å²) in [5.74, 6) is -0.100. The van der Waals surface area contributed by atoms with Gasteiger partial charge >= 0.3 is 0 Å². The molecular formula is C15H21N5O2. The molecule has 0 saturated heterocycles. The lowest BCUT2D eigenvalue weighted by molar-refractivity contribution is -0.123. The number of hydrogen-bond donors (Lipinski definition) is 1. The first-order valence-corrected chi connectivity index (χ1v) is 7.08. The zero-order chi connectivity index (χ0) is 16.3. The van der Waals surface area contributed by atoms with E-state index in [0.29, 0.717) is 10.9 Å². The van der Waals surface area contributed by atoms with Gasteiger partial charge in [-0.25, -0.2) is 0 Å². The van der Waals surface area contributed by atoms with E-state index in [4.69, 9.17) is 0 Å². The number of nitrogens with one attached hydrogen (secondary N) is 1. The first kappa shape index (κ1) is 16.1.